The normalized spacial score (nSPS) is 15.8. The number of amides is 1. The van der Waals surface area contributed by atoms with Gasteiger partial charge in [0.25, 0.3) is 0 Å². The summed E-state index contributed by atoms with van der Waals surface area (Å²) < 4.78 is 35.7. The molecule has 0 saturated heterocycles. The molecule has 0 bridgehead atoms. The second-order valence-electron chi connectivity index (χ2n) is 4.65. The Morgan fingerprint density at radius 1 is 1.41 bits per heavy atom. The molecular formula is C10H19F3N2OS. The molecule has 1 atom stereocenters. The lowest BCUT2D eigenvalue weighted by Gasteiger charge is -2.31. The predicted molar refractivity (Wildman–Crippen MR) is 63.6 cm³/mol. The van der Waals surface area contributed by atoms with Gasteiger partial charge in [-0.1, -0.05) is 13.8 Å². The molecule has 1 amide bonds. The van der Waals surface area contributed by atoms with Crippen LogP contribution in [0.25, 0.3) is 0 Å². The largest absolute Gasteiger partial charge is 0.442 e. The third kappa shape index (κ3) is 8.31. The van der Waals surface area contributed by atoms with Gasteiger partial charge in [0.05, 0.1) is 5.75 Å². The smallest absolute Gasteiger partial charge is 0.349 e. The summed E-state index contributed by atoms with van der Waals surface area (Å²) >= 11 is -0.341. The van der Waals surface area contributed by atoms with E-state index in [1.54, 1.807) is 6.92 Å². The van der Waals surface area contributed by atoms with Gasteiger partial charge in [0.15, 0.2) is 0 Å². The Morgan fingerprint density at radius 3 is 2.29 bits per heavy atom. The Labute approximate surface area is 104 Å². The number of nitrogens with one attached hydrogen (secondary N) is 1. The Hall–Kier alpha value is -0.430. The molecule has 0 aromatic carbocycles. The molecule has 0 fully saturated rings. The molecular weight excluding hydrogens is 253 g/mol. The SMILES string of the molecule is CC(C)CC(C)(CN)NC(=O)CSC(F)(F)F. The van der Waals surface area contributed by atoms with Crippen molar-refractivity contribution in [1.29, 1.82) is 0 Å². The van der Waals surface area contributed by atoms with Crippen LogP contribution in [-0.4, -0.2) is 29.3 Å². The summed E-state index contributed by atoms with van der Waals surface area (Å²) in [6, 6.07) is 0. The molecule has 3 N–H and O–H groups in total. The first kappa shape index (κ1) is 16.6. The highest BCUT2D eigenvalue weighted by atomic mass is 32.2. The van der Waals surface area contributed by atoms with Crippen molar-refractivity contribution in [3.8, 4) is 0 Å². The van der Waals surface area contributed by atoms with Crippen LogP contribution in [0.2, 0.25) is 0 Å². The molecule has 0 aromatic rings. The van der Waals surface area contributed by atoms with E-state index in [1.165, 1.54) is 0 Å². The highest BCUT2D eigenvalue weighted by Crippen LogP contribution is 2.29. The zero-order valence-corrected chi connectivity index (χ0v) is 11.0. The summed E-state index contributed by atoms with van der Waals surface area (Å²) in [6.45, 7) is 5.87. The fourth-order valence-corrected chi connectivity index (χ4v) is 1.97. The van der Waals surface area contributed by atoms with Gasteiger partial charge in [-0.15, -0.1) is 0 Å². The Kier molecular flexibility index (Phi) is 6.32. The molecule has 102 valence electrons. The van der Waals surface area contributed by atoms with Gasteiger partial charge in [0.1, 0.15) is 0 Å². The molecule has 0 aliphatic heterocycles. The lowest BCUT2D eigenvalue weighted by Crippen LogP contribution is -2.52. The van der Waals surface area contributed by atoms with Crippen molar-refractivity contribution in [2.45, 2.75) is 38.2 Å². The molecule has 0 aliphatic carbocycles. The van der Waals surface area contributed by atoms with Gasteiger partial charge in [0, 0.05) is 12.1 Å². The summed E-state index contributed by atoms with van der Waals surface area (Å²) in [5.74, 6) is -0.961. The zero-order chi connectivity index (χ0) is 13.7. The van der Waals surface area contributed by atoms with E-state index in [2.05, 4.69) is 5.32 Å². The van der Waals surface area contributed by atoms with Gasteiger partial charge in [-0.3, -0.25) is 4.79 Å². The van der Waals surface area contributed by atoms with Gasteiger partial charge in [-0.05, 0) is 31.0 Å². The third-order valence-corrected chi connectivity index (χ3v) is 2.85. The molecule has 17 heavy (non-hydrogen) atoms. The Morgan fingerprint density at radius 2 is 1.94 bits per heavy atom. The van der Waals surface area contributed by atoms with E-state index in [0.717, 1.165) is 0 Å². The fraction of sp³-hybridized carbons (Fsp3) is 0.900. The summed E-state index contributed by atoms with van der Waals surface area (Å²) in [4.78, 5) is 11.4. The van der Waals surface area contributed by atoms with Crippen LogP contribution in [0.1, 0.15) is 27.2 Å². The van der Waals surface area contributed by atoms with Gasteiger partial charge >= 0.3 is 5.51 Å². The number of nitrogens with two attached hydrogens (primary N) is 1. The molecule has 0 radical (unpaired) electrons. The molecule has 0 heterocycles. The molecule has 0 aromatic heterocycles. The monoisotopic (exact) mass is 272 g/mol. The number of carbonyl (C=O) groups is 1. The third-order valence-electron chi connectivity index (χ3n) is 2.12. The Balaban J connectivity index is 4.24. The zero-order valence-electron chi connectivity index (χ0n) is 10.2. The maximum absolute atomic E-state index is 11.9. The first-order valence-electron chi connectivity index (χ1n) is 5.30. The van der Waals surface area contributed by atoms with E-state index in [1.807, 2.05) is 13.8 Å². The standard InChI is InChI=1S/C10H19F3N2OS/c1-7(2)4-9(3,6-14)15-8(16)5-17-10(11,12)13/h7H,4-6,14H2,1-3H3,(H,15,16). The number of carbonyl (C=O) groups excluding carboxylic acids is 1. The van der Waals surface area contributed by atoms with E-state index in [9.17, 15) is 18.0 Å². The molecule has 0 saturated carbocycles. The predicted octanol–water partition coefficient (Wildman–Crippen LogP) is 2.12. The van der Waals surface area contributed by atoms with Gasteiger partial charge in [-0.25, -0.2) is 0 Å². The first-order valence-corrected chi connectivity index (χ1v) is 6.28. The average molecular weight is 272 g/mol. The minimum atomic E-state index is -4.38. The van der Waals surface area contributed by atoms with E-state index < -0.39 is 22.7 Å². The number of hydrogen-bond donors (Lipinski definition) is 2. The highest BCUT2D eigenvalue weighted by Gasteiger charge is 2.31. The van der Waals surface area contributed by atoms with Crippen molar-refractivity contribution in [3.05, 3.63) is 0 Å². The van der Waals surface area contributed by atoms with Crippen molar-refractivity contribution < 1.29 is 18.0 Å². The van der Waals surface area contributed by atoms with Crippen LogP contribution >= 0.6 is 11.8 Å². The lowest BCUT2D eigenvalue weighted by molar-refractivity contribution is -0.120. The van der Waals surface area contributed by atoms with Crippen LogP contribution in [0, 0.1) is 5.92 Å². The van der Waals surface area contributed by atoms with Crippen LogP contribution in [0.5, 0.6) is 0 Å². The molecule has 1 unspecified atom stereocenters. The van der Waals surface area contributed by atoms with E-state index in [0.29, 0.717) is 12.3 Å². The maximum atomic E-state index is 11.9. The van der Waals surface area contributed by atoms with Gasteiger partial charge < -0.3 is 11.1 Å². The molecule has 3 nitrogen and oxygen atoms in total. The fourth-order valence-electron chi connectivity index (χ4n) is 1.61. The molecule has 0 spiro atoms. The number of hydrogen-bond acceptors (Lipinski definition) is 3. The number of rotatable bonds is 6. The van der Waals surface area contributed by atoms with Gasteiger partial charge in [0.2, 0.25) is 5.91 Å². The van der Waals surface area contributed by atoms with Crippen LogP contribution in [0.15, 0.2) is 0 Å². The second kappa shape index (κ2) is 6.49. The van der Waals surface area contributed by atoms with Gasteiger partial charge in [-0.2, -0.15) is 13.2 Å². The van der Waals surface area contributed by atoms with Crippen LogP contribution in [0.4, 0.5) is 13.2 Å². The molecule has 0 rings (SSSR count). The van der Waals surface area contributed by atoms with E-state index in [-0.39, 0.29) is 18.3 Å². The topological polar surface area (TPSA) is 55.1 Å². The lowest BCUT2D eigenvalue weighted by atomic mass is 9.91. The average Bonchev–Trinajstić information content (AvgIpc) is 2.12. The summed E-state index contributed by atoms with van der Waals surface area (Å²) in [7, 11) is 0. The number of halogens is 3. The van der Waals surface area contributed by atoms with Crippen LogP contribution in [-0.2, 0) is 4.79 Å². The Bertz CT molecular complexity index is 258. The highest BCUT2D eigenvalue weighted by molar-refractivity contribution is 8.00. The molecule has 0 aliphatic rings. The number of thioether (sulfide) groups is 1. The number of alkyl halides is 3. The quantitative estimate of drug-likeness (QED) is 0.778. The van der Waals surface area contributed by atoms with Crippen LogP contribution in [0.3, 0.4) is 0 Å². The van der Waals surface area contributed by atoms with Crippen molar-refractivity contribution in [1.82, 2.24) is 5.32 Å². The first-order chi connectivity index (χ1) is 7.58. The summed E-state index contributed by atoms with van der Waals surface area (Å²) in [5.41, 5.74) is 0.520. The minimum absolute atomic E-state index is 0.202. The second-order valence-corrected chi connectivity index (χ2v) is 5.69. The minimum Gasteiger partial charge on any atom is -0.349 e. The summed E-state index contributed by atoms with van der Waals surface area (Å²) in [6.07, 6.45) is 0.631. The van der Waals surface area contributed by atoms with Crippen molar-refractivity contribution in [2.75, 3.05) is 12.3 Å². The maximum Gasteiger partial charge on any atom is 0.442 e. The van der Waals surface area contributed by atoms with Crippen molar-refractivity contribution in [3.63, 3.8) is 0 Å². The van der Waals surface area contributed by atoms with Crippen molar-refractivity contribution >= 4 is 17.7 Å². The van der Waals surface area contributed by atoms with E-state index in [4.69, 9.17) is 5.73 Å². The van der Waals surface area contributed by atoms with Crippen molar-refractivity contribution in [2.24, 2.45) is 11.7 Å². The summed E-state index contributed by atoms with van der Waals surface area (Å²) in [5, 5.41) is 2.56. The van der Waals surface area contributed by atoms with E-state index >= 15 is 0 Å². The van der Waals surface area contributed by atoms with Crippen LogP contribution < -0.4 is 11.1 Å². The molecule has 7 heteroatoms.